The quantitative estimate of drug-likeness (QED) is 0.790. The van der Waals surface area contributed by atoms with Crippen LogP contribution in [0.1, 0.15) is 45.7 Å². The minimum atomic E-state index is 0.165. The zero-order valence-electron chi connectivity index (χ0n) is 12.9. The highest BCUT2D eigenvalue weighted by Crippen LogP contribution is 2.29. The van der Waals surface area contributed by atoms with E-state index in [-0.39, 0.29) is 6.04 Å². The molecule has 0 heterocycles. The van der Waals surface area contributed by atoms with Gasteiger partial charge in [-0.15, -0.1) is 0 Å². The average molecular weight is 264 g/mol. The van der Waals surface area contributed by atoms with Gasteiger partial charge in [0.05, 0.1) is 0 Å². The lowest BCUT2D eigenvalue weighted by molar-refractivity contribution is 0.457. The molecule has 0 saturated carbocycles. The third-order valence-electron chi connectivity index (χ3n) is 3.89. The fourth-order valence-corrected chi connectivity index (χ4v) is 2.17. The summed E-state index contributed by atoms with van der Waals surface area (Å²) in [4.78, 5) is 2.32. The summed E-state index contributed by atoms with van der Waals surface area (Å²) in [5.74, 6) is 1.04. The van der Waals surface area contributed by atoms with E-state index in [0.29, 0.717) is 11.7 Å². The van der Waals surface area contributed by atoms with E-state index in [4.69, 9.17) is 0 Å². The number of hydrogen-bond donors (Lipinski definition) is 2. The van der Waals surface area contributed by atoms with Gasteiger partial charge in [0.25, 0.3) is 0 Å². The van der Waals surface area contributed by atoms with E-state index in [9.17, 15) is 5.11 Å². The predicted molar refractivity (Wildman–Crippen MR) is 82.9 cm³/mol. The molecule has 2 unspecified atom stereocenters. The molecule has 0 radical (unpaired) electrons. The Morgan fingerprint density at radius 1 is 1.26 bits per heavy atom. The number of nitrogens with zero attached hydrogens (tertiary/aromatic N) is 1. The third kappa shape index (κ3) is 4.13. The Morgan fingerprint density at radius 2 is 1.95 bits per heavy atom. The van der Waals surface area contributed by atoms with Gasteiger partial charge in [-0.2, -0.15) is 0 Å². The monoisotopic (exact) mass is 264 g/mol. The van der Waals surface area contributed by atoms with Gasteiger partial charge >= 0.3 is 0 Å². The van der Waals surface area contributed by atoms with Crippen LogP contribution in [0.2, 0.25) is 0 Å². The molecule has 108 valence electrons. The van der Waals surface area contributed by atoms with Gasteiger partial charge in [-0.1, -0.05) is 26.3 Å². The van der Waals surface area contributed by atoms with Gasteiger partial charge in [-0.3, -0.25) is 0 Å². The average Bonchev–Trinajstić information content (AvgIpc) is 2.43. The molecule has 0 spiro atoms. The summed E-state index contributed by atoms with van der Waals surface area (Å²) >= 11 is 0. The van der Waals surface area contributed by atoms with Crippen molar-refractivity contribution in [2.75, 3.05) is 25.0 Å². The van der Waals surface area contributed by atoms with Crippen LogP contribution in [0.5, 0.6) is 5.75 Å². The van der Waals surface area contributed by atoms with E-state index < -0.39 is 0 Å². The van der Waals surface area contributed by atoms with Crippen molar-refractivity contribution in [2.24, 2.45) is 5.92 Å². The van der Waals surface area contributed by atoms with Crippen LogP contribution in [0.25, 0.3) is 0 Å². The van der Waals surface area contributed by atoms with Crippen LogP contribution >= 0.6 is 0 Å². The third-order valence-corrected chi connectivity index (χ3v) is 3.89. The number of phenols is 1. The van der Waals surface area contributed by atoms with E-state index in [1.165, 1.54) is 6.42 Å². The second-order valence-corrected chi connectivity index (χ2v) is 5.31. The molecule has 0 aliphatic carbocycles. The molecule has 0 aromatic heterocycles. The molecule has 19 heavy (non-hydrogen) atoms. The molecule has 0 bridgehead atoms. The first kappa shape index (κ1) is 15.8. The zero-order valence-corrected chi connectivity index (χ0v) is 12.9. The smallest absolute Gasteiger partial charge is 0.122 e. The Hall–Kier alpha value is -1.22. The molecule has 1 aromatic rings. The van der Waals surface area contributed by atoms with Crippen molar-refractivity contribution in [2.45, 2.75) is 40.2 Å². The Kier molecular flexibility index (Phi) is 6.16. The lowest BCUT2D eigenvalue weighted by atomic mass is 10.0. The van der Waals surface area contributed by atoms with Crippen molar-refractivity contribution in [3.8, 4) is 5.75 Å². The summed E-state index contributed by atoms with van der Waals surface area (Å²) in [6.07, 6.45) is 1.18. The van der Waals surface area contributed by atoms with Gasteiger partial charge in [-0.25, -0.2) is 0 Å². The summed E-state index contributed by atoms with van der Waals surface area (Å²) in [7, 11) is 1.90. The maximum atomic E-state index is 10.2. The molecule has 1 rings (SSSR count). The fourth-order valence-electron chi connectivity index (χ4n) is 2.17. The molecule has 3 heteroatoms. The minimum absolute atomic E-state index is 0.165. The van der Waals surface area contributed by atoms with E-state index >= 15 is 0 Å². The molecule has 1 aromatic carbocycles. The second-order valence-electron chi connectivity index (χ2n) is 5.31. The number of anilines is 1. The van der Waals surface area contributed by atoms with Gasteiger partial charge in [0.2, 0.25) is 0 Å². The summed E-state index contributed by atoms with van der Waals surface area (Å²) in [5.41, 5.74) is 2.05. The van der Waals surface area contributed by atoms with Gasteiger partial charge in [-0.05, 0) is 32.9 Å². The number of nitrogens with one attached hydrogen (secondary N) is 1. The minimum Gasteiger partial charge on any atom is -0.508 e. The van der Waals surface area contributed by atoms with E-state index in [1.54, 1.807) is 0 Å². The van der Waals surface area contributed by atoms with E-state index in [1.807, 2.05) is 26.1 Å². The Labute approximate surface area is 117 Å². The van der Waals surface area contributed by atoms with Gasteiger partial charge in [0, 0.05) is 36.4 Å². The molecular weight excluding hydrogens is 236 g/mol. The first-order valence-electron chi connectivity index (χ1n) is 7.28. The van der Waals surface area contributed by atoms with Crippen molar-refractivity contribution in [3.05, 3.63) is 23.8 Å². The van der Waals surface area contributed by atoms with Crippen LogP contribution in [-0.4, -0.2) is 25.2 Å². The van der Waals surface area contributed by atoms with Gasteiger partial charge < -0.3 is 15.3 Å². The largest absolute Gasteiger partial charge is 0.508 e. The summed E-state index contributed by atoms with van der Waals surface area (Å²) < 4.78 is 0. The standard InChI is InChI=1S/C16H28N2O/c1-6-12(3)11-18(7-2)14-8-9-15(13(4)17-5)16(19)10-14/h8-10,12-13,17,19H,6-7,11H2,1-5H3. The van der Waals surface area contributed by atoms with Gasteiger partial charge in [0.1, 0.15) is 5.75 Å². The molecule has 0 fully saturated rings. The lowest BCUT2D eigenvalue weighted by Gasteiger charge is -2.27. The zero-order chi connectivity index (χ0) is 14.4. The molecule has 2 atom stereocenters. The summed E-state index contributed by atoms with van der Waals surface area (Å²) in [6.45, 7) is 10.7. The maximum absolute atomic E-state index is 10.2. The van der Waals surface area contributed by atoms with Crippen LogP contribution < -0.4 is 10.2 Å². The van der Waals surface area contributed by atoms with Crippen LogP contribution in [0, 0.1) is 5.92 Å². The van der Waals surface area contributed by atoms with Crippen molar-refractivity contribution in [3.63, 3.8) is 0 Å². The molecule has 3 nitrogen and oxygen atoms in total. The van der Waals surface area contributed by atoms with Crippen LogP contribution in [0.4, 0.5) is 5.69 Å². The fraction of sp³-hybridized carbons (Fsp3) is 0.625. The summed E-state index contributed by atoms with van der Waals surface area (Å²) in [6, 6.07) is 6.17. The van der Waals surface area contributed by atoms with E-state index in [2.05, 4.69) is 37.1 Å². The topological polar surface area (TPSA) is 35.5 Å². The molecular formula is C16H28N2O. The van der Waals surface area contributed by atoms with Crippen molar-refractivity contribution in [1.29, 1.82) is 0 Å². The maximum Gasteiger partial charge on any atom is 0.122 e. The lowest BCUT2D eigenvalue weighted by Crippen LogP contribution is -2.28. The van der Waals surface area contributed by atoms with E-state index in [0.717, 1.165) is 24.3 Å². The number of benzene rings is 1. The molecule has 0 saturated heterocycles. The highest BCUT2D eigenvalue weighted by molar-refractivity contribution is 5.54. The normalized spacial score (nSPS) is 14.2. The van der Waals surface area contributed by atoms with Crippen LogP contribution in [0.3, 0.4) is 0 Å². The first-order chi connectivity index (χ1) is 9.03. The van der Waals surface area contributed by atoms with Crippen molar-refractivity contribution < 1.29 is 5.11 Å². The molecule has 0 aliphatic heterocycles. The first-order valence-corrected chi connectivity index (χ1v) is 7.28. The molecule has 0 amide bonds. The number of rotatable bonds is 7. The highest BCUT2D eigenvalue weighted by atomic mass is 16.3. The van der Waals surface area contributed by atoms with Crippen LogP contribution in [-0.2, 0) is 0 Å². The van der Waals surface area contributed by atoms with Crippen molar-refractivity contribution >= 4 is 5.69 Å². The molecule has 0 aliphatic rings. The Bertz CT molecular complexity index is 392. The SMILES string of the molecule is CCC(C)CN(CC)c1ccc(C(C)NC)c(O)c1. The second kappa shape index (κ2) is 7.39. The van der Waals surface area contributed by atoms with Crippen LogP contribution in [0.15, 0.2) is 18.2 Å². The van der Waals surface area contributed by atoms with Gasteiger partial charge in [0.15, 0.2) is 0 Å². The van der Waals surface area contributed by atoms with Crippen molar-refractivity contribution in [1.82, 2.24) is 5.32 Å². The summed E-state index contributed by atoms with van der Waals surface area (Å²) in [5, 5.41) is 13.3. The molecule has 2 N–H and O–H groups in total. The number of phenolic OH excluding ortho intramolecular Hbond substituents is 1. The highest BCUT2D eigenvalue weighted by Gasteiger charge is 2.13. The predicted octanol–water partition coefficient (Wildman–Crippen LogP) is 3.55. The Morgan fingerprint density at radius 3 is 2.42 bits per heavy atom. The number of hydrogen-bond acceptors (Lipinski definition) is 3. The number of aromatic hydroxyl groups is 1. The Balaban J connectivity index is 2.91.